The number of hydrogen-bond acceptors (Lipinski definition) is 9. The first-order chi connectivity index (χ1) is 15.5. The molecule has 0 radical (unpaired) electrons. The third-order valence-electron chi connectivity index (χ3n) is 4.73. The van der Waals surface area contributed by atoms with E-state index in [2.05, 4.69) is 15.0 Å². The number of carbonyl (C=O) groups is 2. The van der Waals surface area contributed by atoms with Gasteiger partial charge >= 0.3 is 11.9 Å². The Kier molecular flexibility index (Phi) is 6.09. The van der Waals surface area contributed by atoms with Crippen molar-refractivity contribution in [3.05, 3.63) is 64.4 Å². The van der Waals surface area contributed by atoms with Crippen LogP contribution in [0.1, 0.15) is 33.5 Å². The predicted molar refractivity (Wildman–Crippen MR) is 123 cm³/mol. The second-order valence-corrected chi connectivity index (χ2v) is 7.84. The molecule has 32 heavy (non-hydrogen) atoms. The highest BCUT2D eigenvalue weighted by Gasteiger charge is 2.20. The Morgan fingerprint density at radius 2 is 1.97 bits per heavy atom. The van der Waals surface area contributed by atoms with E-state index in [0.717, 1.165) is 16.5 Å². The molecule has 8 nitrogen and oxygen atoms in total. The van der Waals surface area contributed by atoms with Crippen molar-refractivity contribution in [3.63, 3.8) is 0 Å². The average Bonchev–Trinajstić information content (AvgIpc) is 3.13. The molecule has 1 aromatic carbocycles. The second kappa shape index (κ2) is 9.11. The predicted octanol–water partition coefficient (Wildman–Crippen LogP) is 4.06. The minimum absolute atomic E-state index is 0.150. The zero-order valence-electron chi connectivity index (χ0n) is 17.5. The summed E-state index contributed by atoms with van der Waals surface area (Å²) in [5.41, 5.74) is 8.36. The molecule has 9 heteroatoms. The Bertz CT molecular complexity index is 1360. The van der Waals surface area contributed by atoms with E-state index in [9.17, 15) is 9.59 Å². The van der Waals surface area contributed by atoms with E-state index < -0.39 is 11.9 Å². The Hall–Kier alpha value is -3.85. The summed E-state index contributed by atoms with van der Waals surface area (Å²) >= 11 is 1.18. The molecule has 2 N–H and O–H groups in total. The minimum Gasteiger partial charge on any atom is -0.462 e. The maximum absolute atomic E-state index is 12.2. The molecule has 3 aromatic heterocycles. The van der Waals surface area contributed by atoms with Gasteiger partial charge in [-0.3, -0.25) is 4.98 Å². The lowest BCUT2D eigenvalue weighted by Gasteiger charge is -2.04. The Morgan fingerprint density at radius 3 is 2.78 bits per heavy atom. The van der Waals surface area contributed by atoms with Crippen molar-refractivity contribution in [3.8, 4) is 0 Å². The average molecular weight is 449 g/mol. The van der Waals surface area contributed by atoms with Gasteiger partial charge in [-0.2, -0.15) is 0 Å². The molecule has 4 rings (SSSR count). The molecule has 4 aromatic rings. The van der Waals surface area contributed by atoms with E-state index in [0.29, 0.717) is 20.7 Å². The molecular formula is C23H20N4O4S. The number of esters is 2. The number of fused-ring (bicyclic) bond motifs is 2. The molecule has 0 aliphatic carbocycles. The molecule has 0 atom stereocenters. The van der Waals surface area contributed by atoms with Crippen molar-refractivity contribution < 1.29 is 19.1 Å². The molecular weight excluding hydrogens is 428 g/mol. The van der Waals surface area contributed by atoms with Gasteiger partial charge in [-0.15, -0.1) is 11.3 Å². The summed E-state index contributed by atoms with van der Waals surface area (Å²) in [6.45, 7) is 3.64. The lowest BCUT2D eigenvalue weighted by Crippen LogP contribution is -2.06. The zero-order chi connectivity index (χ0) is 22.7. The summed E-state index contributed by atoms with van der Waals surface area (Å²) in [6, 6.07) is 9.54. The van der Waals surface area contributed by atoms with E-state index in [-0.39, 0.29) is 24.9 Å². The van der Waals surface area contributed by atoms with Gasteiger partial charge in [0.25, 0.3) is 0 Å². The standard InChI is InChI=1S/C23H20N4O4S/c1-3-30-23(29)20-13(2)18-21(24)26-16(27-22(18)32-20)12-31-17(28)10-9-15-7-4-6-14-8-5-11-25-19(14)15/h4-11H,3,12H2,1-2H3,(H2,24,26,27)/b10-9+. The minimum atomic E-state index is -0.547. The van der Waals surface area contributed by atoms with E-state index >= 15 is 0 Å². The molecule has 0 bridgehead atoms. The van der Waals surface area contributed by atoms with Crippen LogP contribution in [0.5, 0.6) is 0 Å². The summed E-state index contributed by atoms with van der Waals surface area (Å²) in [5.74, 6) is -0.494. The lowest BCUT2D eigenvalue weighted by molar-refractivity contribution is -0.139. The number of nitrogens with two attached hydrogens (primary N) is 1. The van der Waals surface area contributed by atoms with Crippen LogP contribution in [0.2, 0.25) is 0 Å². The molecule has 0 fully saturated rings. The van der Waals surface area contributed by atoms with E-state index in [1.807, 2.05) is 30.3 Å². The third-order valence-corrected chi connectivity index (χ3v) is 5.90. The van der Waals surface area contributed by atoms with Gasteiger partial charge in [0.15, 0.2) is 12.4 Å². The molecule has 0 unspecified atom stereocenters. The molecule has 162 valence electrons. The number of carbonyl (C=O) groups excluding carboxylic acids is 2. The fourth-order valence-corrected chi connectivity index (χ4v) is 4.38. The van der Waals surface area contributed by atoms with Gasteiger partial charge in [0.2, 0.25) is 0 Å². The number of aryl methyl sites for hydroxylation is 1. The van der Waals surface area contributed by atoms with Crippen molar-refractivity contribution in [2.45, 2.75) is 20.5 Å². The summed E-state index contributed by atoms with van der Waals surface area (Å²) in [4.78, 5) is 38.3. The first-order valence-electron chi connectivity index (χ1n) is 9.89. The van der Waals surface area contributed by atoms with Crippen molar-refractivity contribution in [2.24, 2.45) is 0 Å². The maximum Gasteiger partial charge on any atom is 0.348 e. The zero-order valence-corrected chi connectivity index (χ0v) is 18.3. The van der Waals surface area contributed by atoms with Crippen molar-refractivity contribution in [1.29, 1.82) is 0 Å². The van der Waals surface area contributed by atoms with Crippen LogP contribution in [0.15, 0.2) is 42.6 Å². The summed E-state index contributed by atoms with van der Waals surface area (Å²) in [7, 11) is 0. The monoisotopic (exact) mass is 448 g/mol. The van der Waals surface area contributed by atoms with Crippen LogP contribution in [0, 0.1) is 6.92 Å². The number of anilines is 1. The topological polar surface area (TPSA) is 117 Å². The molecule has 0 saturated carbocycles. The van der Waals surface area contributed by atoms with Crippen LogP contribution in [0.4, 0.5) is 5.82 Å². The Labute approximate surface area is 187 Å². The van der Waals surface area contributed by atoms with Gasteiger partial charge < -0.3 is 15.2 Å². The molecule has 0 aliphatic heterocycles. The molecule has 0 amide bonds. The van der Waals surface area contributed by atoms with Crippen LogP contribution in [-0.4, -0.2) is 33.5 Å². The highest BCUT2D eigenvalue weighted by molar-refractivity contribution is 7.20. The lowest BCUT2D eigenvalue weighted by atomic mass is 10.1. The molecule has 0 saturated heterocycles. The number of rotatable bonds is 6. The Balaban J connectivity index is 1.49. The molecule has 0 aliphatic rings. The molecule has 0 spiro atoms. The highest BCUT2D eigenvalue weighted by atomic mass is 32.1. The number of para-hydroxylation sites is 1. The number of aromatic nitrogens is 3. The van der Waals surface area contributed by atoms with Gasteiger partial charge in [-0.25, -0.2) is 19.6 Å². The van der Waals surface area contributed by atoms with Crippen LogP contribution in [0.3, 0.4) is 0 Å². The van der Waals surface area contributed by atoms with Crippen molar-refractivity contribution in [1.82, 2.24) is 15.0 Å². The van der Waals surface area contributed by atoms with Gasteiger partial charge in [-0.05, 0) is 31.6 Å². The number of ether oxygens (including phenoxy) is 2. The van der Waals surface area contributed by atoms with Crippen LogP contribution in [-0.2, 0) is 20.9 Å². The normalized spacial score (nSPS) is 11.3. The fourth-order valence-electron chi connectivity index (χ4n) is 3.28. The van der Waals surface area contributed by atoms with E-state index in [1.165, 1.54) is 17.4 Å². The summed E-state index contributed by atoms with van der Waals surface area (Å²) in [6.07, 6.45) is 4.69. The van der Waals surface area contributed by atoms with Gasteiger partial charge in [0.05, 0.1) is 17.5 Å². The number of hydrogen-bond donors (Lipinski definition) is 1. The van der Waals surface area contributed by atoms with Gasteiger partial charge in [0, 0.05) is 23.2 Å². The smallest absolute Gasteiger partial charge is 0.348 e. The van der Waals surface area contributed by atoms with E-state index in [1.54, 1.807) is 26.1 Å². The van der Waals surface area contributed by atoms with E-state index in [4.69, 9.17) is 15.2 Å². The first-order valence-corrected chi connectivity index (χ1v) is 10.7. The summed E-state index contributed by atoms with van der Waals surface area (Å²) < 4.78 is 10.4. The number of benzene rings is 1. The number of thiophene rings is 1. The number of nitrogen functional groups attached to an aromatic ring is 1. The van der Waals surface area contributed by atoms with Crippen LogP contribution < -0.4 is 5.73 Å². The van der Waals surface area contributed by atoms with Crippen molar-refractivity contribution >= 4 is 56.3 Å². The SMILES string of the molecule is CCOC(=O)c1sc2nc(COC(=O)/C=C/c3cccc4cccnc34)nc(N)c2c1C. The highest BCUT2D eigenvalue weighted by Crippen LogP contribution is 2.33. The van der Waals surface area contributed by atoms with Gasteiger partial charge in [-0.1, -0.05) is 24.3 Å². The quantitative estimate of drug-likeness (QED) is 0.347. The second-order valence-electron chi connectivity index (χ2n) is 6.85. The third kappa shape index (κ3) is 4.28. The molecule has 3 heterocycles. The van der Waals surface area contributed by atoms with Crippen molar-refractivity contribution in [2.75, 3.05) is 12.3 Å². The Morgan fingerprint density at radius 1 is 1.16 bits per heavy atom. The largest absolute Gasteiger partial charge is 0.462 e. The first kappa shape index (κ1) is 21.4. The fraction of sp³-hybridized carbons (Fsp3) is 0.174. The van der Waals surface area contributed by atoms with Crippen LogP contribution >= 0.6 is 11.3 Å². The number of nitrogens with zero attached hydrogens (tertiary/aromatic N) is 3. The van der Waals surface area contributed by atoms with Crippen LogP contribution in [0.25, 0.3) is 27.2 Å². The number of pyridine rings is 1. The van der Waals surface area contributed by atoms with Gasteiger partial charge in [0.1, 0.15) is 15.5 Å². The maximum atomic E-state index is 12.2. The summed E-state index contributed by atoms with van der Waals surface area (Å²) in [5, 5.41) is 1.59.